The molecule has 0 aliphatic carbocycles. The second kappa shape index (κ2) is 6.96. The fraction of sp³-hybridized carbons (Fsp3) is 0.250. The topological polar surface area (TPSA) is 12.0 Å². The van der Waals surface area contributed by atoms with Gasteiger partial charge in [0.15, 0.2) is 17.5 Å². The molecule has 0 spiro atoms. The van der Waals surface area contributed by atoms with Crippen molar-refractivity contribution in [3.05, 3.63) is 70.0 Å². The third-order valence-electron chi connectivity index (χ3n) is 3.24. The van der Waals surface area contributed by atoms with Crippen LogP contribution in [-0.4, -0.2) is 6.54 Å². The predicted octanol–water partition coefficient (Wildman–Crippen LogP) is 4.65. The number of hydrogen-bond donors (Lipinski definition) is 1. The van der Waals surface area contributed by atoms with Crippen LogP contribution in [0.15, 0.2) is 36.4 Å². The Morgan fingerprint density at radius 1 is 1.10 bits per heavy atom. The molecule has 21 heavy (non-hydrogen) atoms. The lowest BCUT2D eigenvalue weighted by molar-refractivity contribution is 0.439. The van der Waals surface area contributed by atoms with Crippen LogP contribution < -0.4 is 5.32 Å². The number of likely N-dealkylation sites (N-methyl/N-ethyl adjacent to an activating group) is 1. The Hall–Kier alpha value is -1.52. The van der Waals surface area contributed by atoms with Crippen molar-refractivity contribution >= 4 is 11.6 Å². The quantitative estimate of drug-likeness (QED) is 0.792. The van der Waals surface area contributed by atoms with Crippen molar-refractivity contribution in [3.8, 4) is 0 Å². The predicted molar refractivity (Wildman–Crippen MR) is 77.9 cm³/mol. The molecule has 0 aromatic heterocycles. The molecule has 0 saturated carbocycles. The lowest BCUT2D eigenvalue weighted by Crippen LogP contribution is -2.23. The van der Waals surface area contributed by atoms with Crippen molar-refractivity contribution in [1.82, 2.24) is 5.32 Å². The Bertz CT molecular complexity index is 608. The van der Waals surface area contributed by atoms with E-state index in [1.54, 1.807) is 6.07 Å². The zero-order valence-corrected chi connectivity index (χ0v) is 12.2. The summed E-state index contributed by atoms with van der Waals surface area (Å²) in [5, 5.41) is 3.72. The molecule has 0 radical (unpaired) electrons. The Kier molecular flexibility index (Phi) is 5.26. The van der Waals surface area contributed by atoms with Crippen molar-refractivity contribution in [2.24, 2.45) is 0 Å². The molecule has 0 bridgehead atoms. The van der Waals surface area contributed by atoms with Gasteiger partial charge in [-0.1, -0.05) is 36.7 Å². The summed E-state index contributed by atoms with van der Waals surface area (Å²) in [6, 6.07) is 8.95. The fourth-order valence-electron chi connectivity index (χ4n) is 2.21. The fourth-order valence-corrected chi connectivity index (χ4v) is 2.43. The first kappa shape index (κ1) is 15.9. The summed E-state index contributed by atoms with van der Waals surface area (Å²) in [6.45, 7) is 2.49. The van der Waals surface area contributed by atoms with Gasteiger partial charge in [-0.25, -0.2) is 13.2 Å². The van der Waals surface area contributed by atoms with E-state index in [1.165, 1.54) is 0 Å². The molecule has 2 rings (SSSR count). The van der Waals surface area contributed by atoms with E-state index < -0.39 is 17.5 Å². The van der Waals surface area contributed by atoms with Crippen molar-refractivity contribution in [2.45, 2.75) is 19.4 Å². The first-order valence-corrected chi connectivity index (χ1v) is 7.02. The molecule has 5 heteroatoms. The SMILES string of the molecule is CCNC(Cc1ccccc1Cl)c1cc(F)c(F)c(F)c1. The maximum absolute atomic E-state index is 13.4. The van der Waals surface area contributed by atoms with Gasteiger partial charge in [0, 0.05) is 11.1 Å². The number of rotatable bonds is 5. The van der Waals surface area contributed by atoms with E-state index in [4.69, 9.17) is 11.6 Å². The maximum atomic E-state index is 13.4. The van der Waals surface area contributed by atoms with Crippen LogP contribution in [0, 0.1) is 17.5 Å². The van der Waals surface area contributed by atoms with Crippen LogP contribution in [0.3, 0.4) is 0 Å². The van der Waals surface area contributed by atoms with Gasteiger partial charge in [0.1, 0.15) is 0 Å². The highest BCUT2D eigenvalue weighted by Gasteiger charge is 2.18. The second-order valence-electron chi connectivity index (χ2n) is 4.70. The third-order valence-corrected chi connectivity index (χ3v) is 3.61. The van der Waals surface area contributed by atoms with E-state index in [0.29, 0.717) is 23.6 Å². The number of halogens is 4. The Morgan fingerprint density at radius 2 is 1.71 bits per heavy atom. The minimum absolute atomic E-state index is 0.348. The molecular weight excluding hydrogens is 299 g/mol. The lowest BCUT2D eigenvalue weighted by atomic mass is 9.98. The van der Waals surface area contributed by atoms with Gasteiger partial charge in [-0.05, 0) is 42.3 Å². The molecule has 0 heterocycles. The summed E-state index contributed by atoms with van der Waals surface area (Å²) in [5.41, 5.74) is 1.21. The molecule has 1 N–H and O–H groups in total. The normalized spacial score (nSPS) is 12.4. The summed E-state index contributed by atoms with van der Waals surface area (Å²) in [6.07, 6.45) is 0.456. The third kappa shape index (κ3) is 3.77. The van der Waals surface area contributed by atoms with Crippen molar-refractivity contribution in [3.63, 3.8) is 0 Å². The van der Waals surface area contributed by atoms with E-state index in [1.807, 2.05) is 25.1 Å². The van der Waals surface area contributed by atoms with Gasteiger partial charge in [0.2, 0.25) is 0 Å². The summed E-state index contributed by atoms with van der Waals surface area (Å²) in [5.74, 6) is -3.83. The van der Waals surface area contributed by atoms with Gasteiger partial charge in [-0.3, -0.25) is 0 Å². The number of nitrogens with one attached hydrogen (secondary N) is 1. The summed E-state index contributed by atoms with van der Waals surface area (Å²) in [7, 11) is 0. The Labute approximate surface area is 126 Å². The molecule has 0 amide bonds. The molecule has 0 aliphatic rings. The van der Waals surface area contributed by atoms with Crippen LogP contribution in [-0.2, 0) is 6.42 Å². The van der Waals surface area contributed by atoms with Gasteiger partial charge < -0.3 is 5.32 Å². The second-order valence-corrected chi connectivity index (χ2v) is 5.11. The molecule has 1 nitrogen and oxygen atoms in total. The molecule has 0 fully saturated rings. The molecule has 1 atom stereocenters. The van der Waals surface area contributed by atoms with Crippen molar-refractivity contribution in [2.75, 3.05) is 6.54 Å². The molecule has 1 unspecified atom stereocenters. The maximum Gasteiger partial charge on any atom is 0.194 e. The van der Waals surface area contributed by atoms with Gasteiger partial charge in [0.05, 0.1) is 0 Å². The van der Waals surface area contributed by atoms with E-state index >= 15 is 0 Å². The van der Waals surface area contributed by atoms with E-state index in [-0.39, 0.29) is 6.04 Å². The highest BCUT2D eigenvalue weighted by atomic mass is 35.5. The van der Waals surface area contributed by atoms with Gasteiger partial charge in [-0.15, -0.1) is 0 Å². The Morgan fingerprint density at radius 3 is 2.29 bits per heavy atom. The smallest absolute Gasteiger partial charge is 0.194 e. The van der Waals surface area contributed by atoms with E-state index in [9.17, 15) is 13.2 Å². The van der Waals surface area contributed by atoms with Crippen LogP contribution >= 0.6 is 11.6 Å². The first-order chi connectivity index (χ1) is 10.0. The molecule has 2 aromatic carbocycles. The van der Waals surface area contributed by atoms with E-state index in [2.05, 4.69) is 5.32 Å². The summed E-state index contributed by atoms with van der Waals surface area (Å²) in [4.78, 5) is 0. The highest BCUT2D eigenvalue weighted by molar-refractivity contribution is 6.31. The van der Waals surface area contributed by atoms with Crippen LogP contribution in [0.2, 0.25) is 5.02 Å². The average Bonchev–Trinajstić information content (AvgIpc) is 2.46. The standard InChI is InChI=1S/C16H15ClF3N/c1-2-21-15(9-10-5-3-4-6-12(10)17)11-7-13(18)16(20)14(19)8-11/h3-8,15,21H,2,9H2,1H3. The zero-order valence-electron chi connectivity index (χ0n) is 11.5. The monoisotopic (exact) mass is 313 g/mol. The van der Waals surface area contributed by atoms with Crippen molar-refractivity contribution in [1.29, 1.82) is 0 Å². The van der Waals surface area contributed by atoms with Crippen molar-refractivity contribution < 1.29 is 13.2 Å². The molecule has 112 valence electrons. The van der Waals surface area contributed by atoms with Crippen LogP contribution in [0.5, 0.6) is 0 Å². The van der Waals surface area contributed by atoms with Crippen LogP contribution in [0.4, 0.5) is 13.2 Å². The van der Waals surface area contributed by atoms with Gasteiger partial charge in [0.25, 0.3) is 0 Å². The minimum Gasteiger partial charge on any atom is -0.310 e. The van der Waals surface area contributed by atoms with Gasteiger partial charge >= 0.3 is 0 Å². The highest BCUT2D eigenvalue weighted by Crippen LogP contribution is 2.25. The first-order valence-electron chi connectivity index (χ1n) is 6.64. The minimum atomic E-state index is -1.45. The molecule has 0 aliphatic heterocycles. The number of hydrogen-bond acceptors (Lipinski definition) is 1. The zero-order chi connectivity index (χ0) is 15.4. The van der Waals surface area contributed by atoms with Crippen LogP contribution in [0.1, 0.15) is 24.1 Å². The molecule has 2 aromatic rings. The largest absolute Gasteiger partial charge is 0.310 e. The average molecular weight is 314 g/mol. The van der Waals surface area contributed by atoms with E-state index in [0.717, 1.165) is 17.7 Å². The Balaban J connectivity index is 2.33. The lowest BCUT2D eigenvalue weighted by Gasteiger charge is -2.19. The molecular formula is C16H15ClF3N. The molecule has 0 saturated heterocycles. The van der Waals surface area contributed by atoms with Gasteiger partial charge in [-0.2, -0.15) is 0 Å². The number of benzene rings is 2. The van der Waals surface area contributed by atoms with Crippen LogP contribution in [0.25, 0.3) is 0 Å². The summed E-state index contributed by atoms with van der Waals surface area (Å²) >= 11 is 6.11. The summed E-state index contributed by atoms with van der Waals surface area (Å²) < 4.78 is 39.8.